The maximum Gasteiger partial charge on any atom is 0.139 e. The van der Waals surface area contributed by atoms with Crippen LogP contribution in [0.5, 0.6) is 0 Å². The Kier molecular flexibility index (Phi) is 2.12. The van der Waals surface area contributed by atoms with Crippen LogP contribution in [0.15, 0.2) is 0 Å². The first-order chi connectivity index (χ1) is 9.72. The van der Waals surface area contributed by atoms with Crippen LogP contribution in [0.2, 0.25) is 0 Å². The number of fused-ring (bicyclic) bond motifs is 2. The summed E-state index contributed by atoms with van der Waals surface area (Å²) in [6.45, 7) is 3.91. The summed E-state index contributed by atoms with van der Waals surface area (Å²) in [6, 6.07) is 0. The zero-order valence-electron chi connectivity index (χ0n) is 10.4. The van der Waals surface area contributed by atoms with Gasteiger partial charge in [0.1, 0.15) is 21.3 Å². The van der Waals surface area contributed by atoms with Gasteiger partial charge in [0.25, 0.3) is 0 Å². The van der Waals surface area contributed by atoms with Crippen molar-refractivity contribution in [2.75, 3.05) is 0 Å². The Morgan fingerprint density at radius 1 is 0.600 bits per heavy atom. The van der Waals surface area contributed by atoms with E-state index in [-0.39, 0.29) is 0 Å². The van der Waals surface area contributed by atoms with Gasteiger partial charge in [0, 0.05) is 0 Å². The van der Waals surface area contributed by atoms with Crippen LogP contribution < -0.4 is 0 Å². The Labute approximate surface area is 127 Å². The van der Waals surface area contributed by atoms with E-state index in [0.717, 1.165) is 32.3 Å². The van der Waals surface area contributed by atoms with Crippen molar-refractivity contribution in [1.82, 2.24) is 19.9 Å². The standard InChI is InChI=1S/C12H6N4S4/c1-3-13-7-5-10(18-19-11(5)15-3)8-6-9(7)17-20-12(6)16-4(2)14-8/h1-2H3. The lowest BCUT2D eigenvalue weighted by molar-refractivity contribution is 1.12. The molecule has 0 aliphatic carbocycles. The number of aryl methyl sites for hydroxylation is 2. The van der Waals surface area contributed by atoms with E-state index in [2.05, 4.69) is 19.9 Å². The summed E-state index contributed by atoms with van der Waals surface area (Å²) in [5.41, 5.74) is 2.13. The molecule has 0 spiro atoms. The molecule has 0 unspecified atom stereocenters. The van der Waals surface area contributed by atoms with E-state index < -0.39 is 0 Å². The molecule has 0 saturated carbocycles. The van der Waals surface area contributed by atoms with E-state index >= 15 is 0 Å². The van der Waals surface area contributed by atoms with Crippen molar-refractivity contribution < 1.29 is 0 Å². The van der Waals surface area contributed by atoms with Gasteiger partial charge in [-0.25, -0.2) is 19.9 Å². The van der Waals surface area contributed by atoms with E-state index in [1.165, 1.54) is 20.2 Å². The molecule has 4 heterocycles. The highest BCUT2D eigenvalue weighted by Crippen LogP contribution is 2.46. The molecule has 4 nitrogen and oxygen atoms in total. The minimum absolute atomic E-state index is 0.830. The molecule has 0 radical (unpaired) electrons. The van der Waals surface area contributed by atoms with Gasteiger partial charge in [-0.15, -0.1) is 0 Å². The zero-order chi connectivity index (χ0) is 13.4. The van der Waals surface area contributed by atoms with Crippen molar-refractivity contribution in [3.05, 3.63) is 11.6 Å². The molecule has 20 heavy (non-hydrogen) atoms. The molecule has 1 aromatic carbocycles. The van der Waals surface area contributed by atoms with Crippen LogP contribution >= 0.6 is 41.4 Å². The van der Waals surface area contributed by atoms with Gasteiger partial charge in [-0.2, -0.15) is 0 Å². The Bertz CT molecular complexity index is 1040. The quantitative estimate of drug-likeness (QED) is 0.303. The van der Waals surface area contributed by atoms with Crippen molar-refractivity contribution in [3.63, 3.8) is 0 Å². The monoisotopic (exact) mass is 334 g/mol. The van der Waals surface area contributed by atoms with E-state index in [1.54, 1.807) is 41.4 Å². The number of hydrogen-bond donors (Lipinski definition) is 0. The van der Waals surface area contributed by atoms with Crippen LogP contribution in [0.4, 0.5) is 0 Å². The summed E-state index contributed by atoms with van der Waals surface area (Å²) < 4.78 is 2.40. The SMILES string of the molecule is Cc1nc2ssc3c4nc(C)nc5ssc(c(n1)c23)c54. The van der Waals surface area contributed by atoms with Crippen molar-refractivity contribution in [3.8, 4) is 0 Å². The van der Waals surface area contributed by atoms with Crippen LogP contribution in [-0.2, 0) is 0 Å². The molecule has 98 valence electrons. The third kappa shape index (κ3) is 1.30. The summed E-state index contributed by atoms with van der Waals surface area (Å²) in [5.74, 6) is 1.66. The summed E-state index contributed by atoms with van der Waals surface area (Å²) >= 11 is 0. The number of rotatable bonds is 0. The van der Waals surface area contributed by atoms with Gasteiger partial charge in [-0.05, 0) is 13.8 Å². The van der Waals surface area contributed by atoms with E-state index in [9.17, 15) is 0 Å². The first kappa shape index (κ1) is 11.4. The van der Waals surface area contributed by atoms with E-state index in [0.29, 0.717) is 0 Å². The van der Waals surface area contributed by atoms with Crippen LogP contribution in [0.25, 0.3) is 40.9 Å². The highest BCUT2D eigenvalue weighted by Gasteiger charge is 2.20. The number of hydrogen-bond acceptors (Lipinski definition) is 8. The fraction of sp³-hybridized carbons (Fsp3) is 0.167. The molecule has 0 fully saturated rings. The molecule has 0 aliphatic heterocycles. The Morgan fingerprint density at radius 3 is 1.50 bits per heavy atom. The van der Waals surface area contributed by atoms with E-state index in [4.69, 9.17) is 0 Å². The van der Waals surface area contributed by atoms with Gasteiger partial charge >= 0.3 is 0 Å². The highest BCUT2D eigenvalue weighted by molar-refractivity contribution is 7.76. The molecule has 0 amide bonds. The predicted molar refractivity (Wildman–Crippen MR) is 88.6 cm³/mol. The molecule has 0 N–H and O–H groups in total. The highest BCUT2D eigenvalue weighted by atomic mass is 32.9. The molecular weight excluding hydrogens is 328 g/mol. The number of benzene rings is 1. The molecule has 0 atom stereocenters. The Balaban J connectivity index is 2.27. The average Bonchev–Trinajstić information content (AvgIpc) is 3.00. The Hall–Kier alpha value is -1.22. The van der Waals surface area contributed by atoms with Gasteiger partial charge in [-0.1, -0.05) is 41.4 Å². The molecule has 4 aromatic heterocycles. The van der Waals surface area contributed by atoms with Gasteiger partial charge in [0.05, 0.1) is 31.2 Å². The van der Waals surface area contributed by atoms with Crippen molar-refractivity contribution >= 4 is 82.2 Å². The lowest BCUT2D eigenvalue weighted by atomic mass is 10.1. The second-order valence-corrected chi connectivity index (χ2v) is 8.85. The maximum absolute atomic E-state index is 4.69. The molecule has 8 heteroatoms. The van der Waals surface area contributed by atoms with Gasteiger partial charge in [-0.3, -0.25) is 0 Å². The largest absolute Gasteiger partial charge is 0.231 e. The van der Waals surface area contributed by atoms with Gasteiger partial charge < -0.3 is 0 Å². The lowest BCUT2D eigenvalue weighted by Gasteiger charge is -2.04. The first-order valence-corrected chi connectivity index (χ1v) is 10.2. The molecular formula is C12H6N4S4. The minimum Gasteiger partial charge on any atom is -0.231 e. The average molecular weight is 334 g/mol. The van der Waals surface area contributed by atoms with Crippen molar-refractivity contribution in [2.45, 2.75) is 13.8 Å². The van der Waals surface area contributed by atoms with E-state index in [1.807, 2.05) is 13.8 Å². The maximum atomic E-state index is 4.69. The summed E-state index contributed by atoms with van der Waals surface area (Å²) in [4.78, 5) is 20.6. The number of aromatic nitrogens is 4. The molecule has 5 rings (SSSR count). The smallest absolute Gasteiger partial charge is 0.139 e. The normalized spacial score (nSPS) is 12.5. The topological polar surface area (TPSA) is 51.6 Å². The minimum atomic E-state index is 0.830. The summed E-state index contributed by atoms with van der Waals surface area (Å²) in [5, 5.41) is 2.35. The van der Waals surface area contributed by atoms with Gasteiger partial charge in [0.2, 0.25) is 0 Å². The summed E-state index contributed by atoms with van der Waals surface area (Å²) in [6.07, 6.45) is 0. The van der Waals surface area contributed by atoms with Gasteiger partial charge in [0.15, 0.2) is 0 Å². The third-order valence-corrected chi connectivity index (χ3v) is 7.92. The van der Waals surface area contributed by atoms with Crippen LogP contribution in [0.1, 0.15) is 11.6 Å². The molecule has 0 bridgehead atoms. The number of nitrogens with zero attached hydrogens (tertiary/aromatic N) is 4. The fourth-order valence-electron chi connectivity index (χ4n) is 2.51. The lowest BCUT2D eigenvalue weighted by Crippen LogP contribution is -1.92. The molecule has 0 saturated heterocycles. The molecule has 0 aliphatic rings. The predicted octanol–water partition coefficient (Wildman–Crippen LogP) is 4.74. The Morgan fingerprint density at radius 2 is 1.05 bits per heavy atom. The first-order valence-electron chi connectivity index (χ1n) is 5.94. The van der Waals surface area contributed by atoms with Crippen LogP contribution in [-0.4, -0.2) is 19.9 Å². The second kappa shape index (κ2) is 3.70. The summed E-state index contributed by atoms with van der Waals surface area (Å²) in [7, 11) is 6.91. The van der Waals surface area contributed by atoms with Crippen molar-refractivity contribution in [2.24, 2.45) is 0 Å². The van der Waals surface area contributed by atoms with Crippen LogP contribution in [0.3, 0.4) is 0 Å². The molecule has 5 aromatic rings. The van der Waals surface area contributed by atoms with Crippen LogP contribution in [0, 0.1) is 13.8 Å². The zero-order valence-corrected chi connectivity index (χ0v) is 13.7. The fourth-order valence-corrected chi connectivity index (χ4v) is 7.55. The third-order valence-electron chi connectivity index (χ3n) is 3.27. The van der Waals surface area contributed by atoms with Crippen molar-refractivity contribution in [1.29, 1.82) is 0 Å². The second-order valence-electron chi connectivity index (χ2n) is 4.59.